The maximum Gasteiger partial charge on any atom is 0.222 e. The summed E-state index contributed by atoms with van der Waals surface area (Å²) in [5.41, 5.74) is 2.81. The summed E-state index contributed by atoms with van der Waals surface area (Å²) in [6.45, 7) is 2.80. The zero-order valence-corrected chi connectivity index (χ0v) is 17.5. The first-order valence-corrected chi connectivity index (χ1v) is 10.3. The van der Waals surface area contributed by atoms with Crippen LogP contribution in [0.1, 0.15) is 24.8 Å². The van der Waals surface area contributed by atoms with E-state index in [2.05, 4.69) is 32.2 Å². The Morgan fingerprint density at radius 2 is 2.03 bits per heavy atom. The first kappa shape index (κ1) is 20.2. The molecule has 1 aliphatic rings. The van der Waals surface area contributed by atoms with Crippen LogP contribution in [-0.4, -0.2) is 64.5 Å². The highest BCUT2D eigenvalue weighted by atomic mass is 16.5. The summed E-state index contributed by atoms with van der Waals surface area (Å²) in [5, 5.41) is 4.40. The van der Waals surface area contributed by atoms with Crippen LogP contribution in [0.4, 0.5) is 11.5 Å². The summed E-state index contributed by atoms with van der Waals surface area (Å²) in [6, 6.07) is 7.86. The highest BCUT2D eigenvalue weighted by molar-refractivity contribution is 5.92. The van der Waals surface area contributed by atoms with Gasteiger partial charge in [-0.2, -0.15) is 0 Å². The van der Waals surface area contributed by atoms with E-state index in [0.717, 1.165) is 59.8 Å². The average molecular weight is 409 g/mol. The number of aromatic amines is 1. The molecule has 8 nitrogen and oxygen atoms in total. The van der Waals surface area contributed by atoms with Crippen LogP contribution >= 0.6 is 0 Å². The SMILES string of the molecule is CN1CCN(C)C(=O)CCCCOc2cccc(c2)Nc2ncnc3[nH]cc(c23)C1. The Morgan fingerprint density at radius 3 is 2.93 bits per heavy atom. The smallest absolute Gasteiger partial charge is 0.222 e. The molecule has 0 fully saturated rings. The summed E-state index contributed by atoms with van der Waals surface area (Å²) in [7, 11) is 3.94. The number of hydrogen-bond acceptors (Lipinski definition) is 6. The van der Waals surface area contributed by atoms with Crippen molar-refractivity contribution in [2.45, 2.75) is 25.8 Å². The lowest BCUT2D eigenvalue weighted by Gasteiger charge is -2.22. The lowest BCUT2D eigenvalue weighted by atomic mass is 10.2. The van der Waals surface area contributed by atoms with Crippen LogP contribution in [0.25, 0.3) is 11.0 Å². The van der Waals surface area contributed by atoms with Crippen LogP contribution in [0.3, 0.4) is 0 Å². The van der Waals surface area contributed by atoms with E-state index in [1.165, 1.54) is 0 Å². The standard InChI is InChI=1S/C22H28N6O2/c1-27-9-10-28(2)19(29)8-3-4-11-30-18-7-5-6-17(12-18)26-22-20-16(14-27)13-23-21(20)24-15-25-22/h5-7,12-13,15H,3-4,8-11,14H2,1-2H3,(H2,23,24,25,26). The molecule has 4 rings (SSSR count). The molecular weight excluding hydrogens is 380 g/mol. The van der Waals surface area contributed by atoms with E-state index >= 15 is 0 Å². The number of benzene rings is 1. The molecule has 0 saturated carbocycles. The molecule has 0 unspecified atom stereocenters. The maximum atomic E-state index is 12.4. The largest absolute Gasteiger partial charge is 0.494 e. The van der Waals surface area contributed by atoms with Gasteiger partial charge < -0.3 is 24.8 Å². The van der Waals surface area contributed by atoms with E-state index in [-0.39, 0.29) is 5.91 Å². The Kier molecular flexibility index (Phi) is 6.13. The van der Waals surface area contributed by atoms with Crippen LogP contribution in [0.2, 0.25) is 0 Å². The van der Waals surface area contributed by atoms with Gasteiger partial charge in [0.25, 0.3) is 0 Å². The third-order valence-electron chi connectivity index (χ3n) is 5.39. The van der Waals surface area contributed by atoms with Gasteiger partial charge in [0.1, 0.15) is 23.5 Å². The Balaban J connectivity index is 1.64. The molecule has 1 aromatic carbocycles. The van der Waals surface area contributed by atoms with Gasteiger partial charge in [-0.1, -0.05) is 6.07 Å². The second kappa shape index (κ2) is 9.13. The Morgan fingerprint density at radius 1 is 1.13 bits per heavy atom. The predicted octanol–water partition coefficient (Wildman–Crippen LogP) is 3.15. The molecule has 0 saturated heterocycles. The number of nitrogens with one attached hydrogen (secondary N) is 2. The second-order valence-corrected chi connectivity index (χ2v) is 7.77. The van der Waals surface area contributed by atoms with Crippen molar-refractivity contribution < 1.29 is 9.53 Å². The molecule has 3 aromatic rings. The zero-order chi connectivity index (χ0) is 20.9. The fourth-order valence-electron chi connectivity index (χ4n) is 3.62. The normalized spacial score (nSPS) is 17.1. The van der Waals surface area contributed by atoms with Gasteiger partial charge in [-0.25, -0.2) is 9.97 Å². The molecule has 3 heterocycles. The lowest BCUT2D eigenvalue weighted by Crippen LogP contribution is -2.34. The van der Waals surface area contributed by atoms with Crippen LogP contribution < -0.4 is 10.1 Å². The van der Waals surface area contributed by atoms with Gasteiger partial charge in [-0.05, 0) is 37.6 Å². The zero-order valence-electron chi connectivity index (χ0n) is 17.5. The number of carbonyl (C=O) groups is 1. The molecule has 2 bridgehead atoms. The minimum atomic E-state index is 0.179. The third-order valence-corrected chi connectivity index (χ3v) is 5.39. The molecule has 30 heavy (non-hydrogen) atoms. The number of rotatable bonds is 0. The summed E-state index contributed by atoms with van der Waals surface area (Å²) in [5.74, 6) is 1.73. The van der Waals surface area contributed by atoms with Gasteiger partial charge in [0.2, 0.25) is 5.91 Å². The maximum absolute atomic E-state index is 12.4. The highest BCUT2D eigenvalue weighted by Gasteiger charge is 2.15. The highest BCUT2D eigenvalue weighted by Crippen LogP contribution is 2.28. The lowest BCUT2D eigenvalue weighted by molar-refractivity contribution is -0.130. The van der Waals surface area contributed by atoms with Crippen molar-refractivity contribution >= 4 is 28.4 Å². The summed E-state index contributed by atoms with van der Waals surface area (Å²) in [6.07, 6.45) is 5.75. The molecule has 0 spiro atoms. The van der Waals surface area contributed by atoms with E-state index in [1.807, 2.05) is 42.4 Å². The first-order valence-electron chi connectivity index (χ1n) is 10.3. The topological polar surface area (TPSA) is 86.4 Å². The minimum Gasteiger partial charge on any atom is -0.494 e. The molecule has 0 atom stereocenters. The fraction of sp³-hybridized carbons (Fsp3) is 0.409. The second-order valence-electron chi connectivity index (χ2n) is 7.77. The summed E-state index contributed by atoms with van der Waals surface area (Å²) < 4.78 is 5.89. The number of aromatic nitrogens is 3. The molecule has 2 N–H and O–H groups in total. The van der Waals surface area contributed by atoms with Crippen LogP contribution in [0, 0.1) is 0 Å². The Labute approximate surface area is 176 Å². The van der Waals surface area contributed by atoms with E-state index in [0.29, 0.717) is 19.6 Å². The van der Waals surface area contributed by atoms with Crippen LogP contribution in [0.5, 0.6) is 5.75 Å². The van der Waals surface area contributed by atoms with Crippen molar-refractivity contribution in [3.63, 3.8) is 0 Å². The van der Waals surface area contributed by atoms with Gasteiger partial charge >= 0.3 is 0 Å². The van der Waals surface area contributed by atoms with Gasteiger partial charge in [0.15, 0.2) is 0 Å². The molecule has 8 heteroatoms. The van der Waals surface area contributed by atoms with Gasteiger partial charge in [-0.15, -0.1) is 0 Å². The van der Waals surface area contributed by atoms with Gasteiger partial charge in [-0.3, -0.25) is 4.79 Å². The molecule has 0 radical (unpaired) electrons. The predicted molar refractivity (Wildman–Crippen MR) is 117 cm³/mol. The van der Waals surface area contributed by atoms with Crippen molar-refractivity contribution in [3.05, 3.63) is 42.4 Å². The quantitative estimate of drug-likeness (QED) is 0.594. The number of carbonyl (C=O) groups excluding carboxylic acids is 1. The first-order chi connectivity index (χ1) is 14.6. The van der Waals surface area contributed by atoms with Crippen molar-refractivity contribution in [2.75, 3.05) is 39.1 Å². The van der Waals surface area contributed by atoms with E-state index < -0.39 is 0 Å². The summed E-state index contributed by atoms with van der Waals surface area (Å²) in [4.78, 5) is 28.5. The molecule has 158 valence electrons. The van der Waals surface area contributed by atoms with E-state index in [1.54, 1.807) is 6.33 Å². The number of likely N-dealkylation sites (N-methyl/N-ethyl adjacent to an activating group) is 2. The third kappa shape index (κ3) is 4.71. The molecular formula is C22H28N6O2. The van der Waals surface area contributed by atoms with Crippen molar-refractivity contribution in [1.29, 1.82) is 0 Å². The molecule has 0 aliphatic carbocycles. The number of ether oxygens (including phenoxy) is 1. The number of hydrogen-bond donors (Lipinski definition) is 2. The number of nitrogens with zero attached hydrogens (tertiary/aromatic N) is 4. The van der Waals surface area contributed by atoms with Crippen molar-refractivity contribution in [3.8, 4) is 5.75 Å². The van der Waals surface area contributed by atoms with E-state index in [4.69, 9.17) is 4.74 Å². The van der Waals surface area contributed by atoms with Crippen LogP contribution in [0.15, 0.2) is 36.8 Å². The van der Waals surface area contributed by atoms with Crippen LogP contribution in [-0.2, 0) is 11.3 Å². The van der Waals surface area contributed by atoms with Gasteiger partial charge in [0.05, 0.1) is 12.0 Å². The van der Waals surface area contributed by atoms with E-state index in [9.17, 15) is 4.79 Å². The average Bonchev–Trinajstić information content (AvgIpc) is 3.15. The summed E-state index contributed by atoms with van der Waals surface area (Å²) >= 11 is 0. The van der Waals surface area contributed by atoms with Crippen molar-refractivity contribution in [1.82, 2.24) is 24.8 Å². The van der Waals surface area contributed by atoms with Crippen molar-refractivity contribution in [2.24, 2.45) is 0 Å². The minimum absolute atomic E-state index is 0.179. The number of amides is 1. The van der Waals surface area contributed by atoms with Gasteiger partial charge in [0, 0.05) is 51.1 Å². The number of H-pyrrole nitrogens is 1. The monoisotopic (exact) mass is 408 g/mol. The molecule has 1 aliphatic heterocycles. The number of fused-ring (bicyclic) bond motifs is 2. The number of anilines is 2. The fourth-order valence-corrected chi connectivity index (χ4v) is 3.62. The Hall–Kier alpha value is -3.13. The molecule has 1 amide bonds. The Bertz CT molecular complexity index is 1020. The molecule has 2 aromatic heterocycles.